The van der Waals surface area contributed by atoms with E-state index < -0.39 is 0 Å². The highest BCUT2D eigenvalue weighted by Crippen LogP contribution is 2.27. The summed E-state index contributed by atoms with van der Waals surface area (Å²) in [5, 5.41) is 6.95. The van der Waals surface area contributed by atoms with Crippen LogP contribution in [0.15, 0.2) is 0 Å². The second-order valence-electron chi connectivity index (χ2n) is 5.01. The van der Waals surface area contributed by atoms with E-state index in [1.807, 2.05) is 0 Å². The van der Waals surface area contributed by atoms with Gasteiger partial charge in [0.25, 0.3) is 0 Å². The Morgan fingerprint density at radius 2 is 2.06 bits per heavy atom. The summed E-state index contributed by atoms with van der Waals surface area (Å²) >= 11 is 0. The summed E-state index contributed by atoms with van der Waals surface area (Å²) in [5.74, 6) is 0.991. The molecule has 1 aliphatic carbocycles. The topological polar surface area (TPSA) is 59.1 Å². The molecule has 1 aromatic heterocycles. The highest BCUT2D eigenvalue weighted by Gasteiger charge is 2.22. The van der Waals surface area contributed by atoms with Crippen LogP contribution in [0, 0.1) is 0 Å². The Balaban J connectivity index is 1.92. The average molecular weight is 248 g/mol. The van der Waals surface area contributed by atoms with E-state index in [1.165, 1.54) is 24.8 Å². The normalized spacial score (nSPS) is 19.6. The molecule has 0 aromatic carbocycles. The molecule has 1 saturated carbocycles. The molecule has 1 aliphatic heterocycles. The molecule has 2 heterocycles. The first-order valence-corrected chi connectivity index (χ1v) is 6.78. The largest absolute Gasteiger partial charge is 0.467 e. The van der Waals surface area contributed by atoms with Gasteiger partial charge in [0.2, 0.25) is 0 Å². The molecule has 5 nitrogen and oxygen atoms in total. The van der Waals surface area contributed by atoms with Gasteiger partial charge in [-0.15, -0.1) is 0 Å². The molecule has 1 aromatic rings. The van der Waals surface area contributed by atoms with Crippen molar-refractivity contribution in [2.24, 2.45) is 0 Å². The maximum atomic E-state index is 5.21. The van der Waals surface area contributed by atoms with Crippen LogP contribution in [0.2, 0.25) is 0 Å². The predicted molar refractivity (Wildman–Crippen MR) is 70.1 cm³/mol. The second-order valence-corrected chi connectivity index (χ2v) is 5.01. The van der Waals surface area contributed by atoms with Gasteiger partial charge < -0.3 is 15.4 Å². The van der Waals surface area contributed by atoms with Crippen LogP contribution in [0.1, 0.15) is 30.5 Å². The van der Waals surface area contributed by atoms with Gasteiger partial charge in [-0.05, 0) is 32.2 Å². The van der Waals surface area contributed by atoms with Crippen molar-refractivity contribution in [3.63, 3.8) is 0 Å². The lowest BCUT2D eigenvalue weighted by molar-refractivity contribution is 0.377. The first kappa shape index (κ1) is 11.7. The van der Waals surface area contributed by atoms with Gasteiger partial charge in [-0.2, -0.15) is 9.97 Å². The highest BCUT2D eigenvalue weighted by molar-refractivity contribution is 5.49. The van der Waals surface area contributed by atoms with E-state index in [1.54, 1.807) is 7.11 Å². The van der Waals surface area contributed by atoms with Gasteiger partial charge in [-0.25, -0.2) is 0 Å². The summed E-state index contributed by atoms with van der Waals surface area (Å²) in [6.07, 6.45) is 5.77. The van der Waals surface area contributed by atoms with Crippen LogP contribution in [0.3, 0.4) is 0 Å². The van der Waals surface area contributed by atoms with Gasteiger partial charge in [0.1, 0.15) is 5.82 Å². The molecule has 1 fully saturated rings. The summed E-state index contributed by atoms with van der Waals surface area (Å²) in [6, 6.07) is 1.07. The molecule has 0 bridgehead atoms. The van der Waals surface area contributed by atoms with Crippen LogP contribution < -0.4 is 15.4 Å². The van der Waals surface area contributed by atoms with Crippen molar-refractivity contribution in [1.82, 2.24) is 15.3 Å². The lowest BCUT2D eigenvalue weighted by atomic mass is 9.93. The van der Waals surface area contributed by atoms with E-state index in [9.17, 15) is 0 Å². The molecule has 0 unspecified atom stereocenters. The van der Waals surface area contributed by atoms with Crippen molar-refractivity contribution < 1.29 is 4.74 Å². The summed E-state index contributed by atoms with van der Waals surface area (Å²) in [4.78, 5) is 8.99. The monoisotopic (exact) mass is 248 g/mol. The molecule has 98 valence electrons. The SMILES string of the molecule is COc1nc2c(c(NC3CCC3)n1)CCNCC2. The van der Waals surface area contributed by atoms with E-state index in [-0.39, 0.29) is 0 Å². The molecule has 0 atom stereocenters. The van der Waals surface area contributed by atoms with Gasteiger partial charge in [-0.3, -0.25) is 0 Å². The fourth-order valence-corrected chi connectivity index (χ4v) is 2.48. The van der Waals surface area contributed by atoms with Crippen LogP contribution in [0.5, 0.6) is 6.01 Å². The predicted octanol–water partition coefficient (Wildman–Crippen LogP) is 1.14. The number of hydrogen-bond donors (Lipinski definition) is 2. The van der Waals surface area contributed by atoms with Crippen molar-refractivity contribution >= 4 is 5.82 Å². The Hall–Kier alpha value is -1.36. The van der Waals surface area contributed by atoms with Gasteiger partial charge in [0, 0.05) is 24.6 Å². The number of fused-ring (bicyclic) bond motifs is 1. The van der Waals surface area contributed by atoms with Gasteiger partial charge in [-0.1, -0.05) is 0 Å². The number of methoxy groups -OCH3 is 1. The number of aromatic nitrogens is 2. The Labute approximate surface area is 107 Å². The number of hydrogen-bond acceptors (Lipinski definition) is 5. The molecule has 0 saturated heterocycles. The lowest BCUT2D eigenvalue weighted by Crippen LogP contribution is -2.28. The smallest absolute Gasteiger partial charge is 0.318 e. The third-order valence-electron chi connectivity index (χ3n) is 3.79. The fourth-order valence-electron chi connectivity index (χ4n) is 2.48. The van der Waals surface area contributed by atoms with Crippen LogP contribution in [-0.2, 0) is 12.8 Å². The summed E-state index contributed by atoms with van der Waals surface area (Å²) in [6.45, 7) is 1.98. The van der Waals surface area contributed by atoms with E-state index >= 15 is 0 Å². The summed E-state index contributed by atoms with van der Waals surface area (Å²) < 4.78 is 5.21. The number of rotatable bonds is 3. The standard InChI is InChI=1S/C13H20N4O/c1-18-13-16-11-6-8-14-7-5-10(11)12(17-13)15-9-3-2-4-9/h9,14H,2-8H2,1H3,(H,15,16,17). The van der Waals surface area contributed by atoms with Crippen molar-refractivity contribution in [1.29, 1.82) is 0 Å². The highest BCUT2D eigenvalue weighted by atomic mass is 16.5. The molecule has 18 heavy (non-hydrogen) atoms. The zero-order valence-corrected chi connectivity index (χ0v) is 10.8. The Morgan fingerprint density at radius 1 is 1.22 bits per heavy atom. The zero-order chi connectivity index (χ0) is 12.4. The average Bonchev–Trinajstić information content (AvgIpc) is 2.58. The molecule has 2 N–H and O–H groups in total. The Morgan fingerprint density at radius 3 is 2.78 bits per heavy atom. The quantitative estimate of drug-likeness (QED) is 0.840. The number of anilines is 1. The van der Waals surface area contributed by atoms with E-state index in [0.29, 0.717) is 12.1 Å². The third-order valence-corrected chi connectivity index (χ3v) is 3.79. The van der Waals surface area contributed by atoms with E-state index in [0.717, 1.165) is 37.4 Å². The zero-order valence-electron chi connectivity index (χ0n) is 10.8. The molecule has 0 radical (unpaired) electrons. The molecule has 0 spiro atoms. The number of nitrogens with one attached hydrogen (secondary N) is 2. The van der Waals surface area contributed by atoms with Crippen molar-refractivity contribution in [2.75, 3.05) is 25.5 Å². The summed E-state index contributed by atoms with van der Waals surface area (Å²) in [7, 11) is 1.63. The van der Waals surface area contributed by atoms with Crippen molar-refractivity contribution in [3.8, 4) is 6.01 Å². The van der Waals surface area contributed by atoms with Gasteiger partial charge in [0.15, 0.2) is 0 Å². The number of nitrogens with zero attached hydrogens (tertiary/aromatic N) is 2. The van der Waals surface area contributed by atoms with Crippen molar-refractivity contribution in [3.05, 3.63) is 11.3 Å². The maximum Gasteiger partial charge on any atom is 0.318 e. The Kier molecular flexibility index (Phi) is 3.32. The summed E-state index contributed by atoms with van der Waals surface area (Å²) in [5.41, 5.74) is 2.40. The van der Waals surface area contributed by atoms with Gasteiger partial charge in [0.05, 0.1) is 12.8 Å². The minimum atomic E-state index is 0.484. The third kappa shape index (κ3) is 2.27. The van der Waals surface area contributed by atoms with Crippen LogP contribution >= 0.6 is 0 Å². The molecule has 0 amide bonds. The molecule has 3 rings (SSSR count). The second kappa shape index (κ2) is 5.10. The fraction of sp³-hybridized carbons (Fsp3) is 0.692. The van der Waals surface area contributed by atoms with Crippen molar-refractivity contribution in [2.45, 2.75) is 38.1 Å². The Bertz CT molecular complexity index is 431. The lowest BCUT2D eigenvalue weighted by Gasteiger charge is -2.28. The molecule has 5 heteroatoms. The minimum Gasteiger partial charge on any atom is -0.467 e. The van der Waals surface area contributed by atoms with E-state index in [2.05, 4.69) is 20.6 Å². The van der Waals surface area contributed by atoms with Crippen LogP contribution in [0.25, 0.3) is 0 Å². The number of ether oxygens (including phenoxy) is 1. The minimum absolute atomic E-state index is 0.484. The van der Waals surface area contributed by atoms with Gasteiger partial charge >= 0.3 is 6.01 Å². The van der Waals surface area contributed by atoms with Crippen LogP contribution in [-0.4, -0.2) is 36.2 Å². The van der Waals surface area contributed by atoms with Crippen LogP contribution in [0.4, 0.5) is 5.82 Å². The maximum absolute atomic E-state index is 5.21. The molecular weight excluding hydrogens is 228 g/mol. The van der Waals surface area contributed by atoms with E-state index in [4.69, 9.17) is 4.74 Å². The molecule has 2 aliphatic rings. The molecular formula is C13H20N4O. The first-order chi connectivity index (χ1) is 8.86. The first-order valence-electron chi connectivity index (χ1n) is 6.78.